The number of nitrogens with zero attached hydrogens (tertiary/aromatic N) is 2. The van der Waals surface area contributed by atoms with Crippen molar-refractivity contribution in [3.8, 4) is 11.5 Å². The molecule has 1 fully saturated rings. The van der Waals surface area contributed by atoms with Gasteiger partial charge >= 0.3 is 0 Å². The Morgan fingerprint density at radius 2 is 1.46 bits per heavy atom. The van der Waals surface area contributed by atoms with Crippen LogP contribution >= 0.6 is 15.9 Å². The predicted octanol–water partition coefficient (Wildman–Crippen LogP) is 6.71. The first kappa shape index (κ1) is 33.2. The summed E-state index contributed by atoms with van der Waals surface area (Å²) in [4.78, 5) is 29.9. The molecule has 46 heavy (non-hydrogen) atoms. The second kappa shape index (κ2) is 15.4. The van der Waals surface area contributed by atoms with E-state index in [1.165, 1.54) is 4.90 Å². The van der Waals surface area contributed by atoms with Crippen molar-refractivity contribution in [2.45, 2.75) is 50.7 Å². The zero-order valence-corrected chi connectivity index (χ0v) is 28.1. The first-order valence-electron chi connectivity index (χ1n) is 15.3. The molecule has 1 saturated carbocycles. The molecule has 1 aliphatic rings. The molecule has 1 aliphatic carbocycles. The lowest BCUT2D eigenvalue weighted by atomic mass is 10.0. The van der Waals surface area contributed by atoms with Crippen LogP contribution in [0.1, 0.15) is 36.8 Å². The number of ether oxygens (including phenoxy) is 1. The molecular formula is C36H38BrN3O5S. The van der Waals surface area contributed by atoms with Crippen LogP contribution in [0.25, 0.3) is 0 Å². The highest BCUT2D eigenvalue weighted by Gasteiger charge is 2.34. The van der Waals surface area contributed by atoms with Crippen LogP contribution in [-0.2, 0) is 32.6 Å². The molecule has 5 rings (SSSR count). The third-order valence-electron chi connectivity index (χ3n) is 8.00. The Hall–Kier alpha value is -4.15. The average Bonchev–Trinajstić information content (AvgIpc) is 3.55. The summed E-state index contributed by atoms with van der Waals surface area (Å²) in [7, 11) is -3.88. The highest BCUT2D eigenvalue weighted by atomic mass is 79.9. The fraction of sp³-hybridized carbons (Fsp3) is 0.278. The maximum absolute atomic E-state index is 14.3. The van der Waals surface area contributed by atoms with E-state index in [0.29, 0.717) is 17.2 Å². The molecule has 0 aliphatic heterocycles. The van der Waals surface area contributed by atoms with Gasteiger partial charge in [-0.05, 0) is 72.5 Å². The molecular weight excluding hydrogens is 666 g/mol. The number of carbonyl (C=O) groups is 2. The highest BCUT2D eigenvalue weighted by Crippen LogP contribution is 2.27. The summed E-state index contributed by atoms with van der Waals surface area (Å²) in [5.41, 5.74) is 2.02. The van der Waals surface area contributed by atoms with Gasteiger partial charge in [-0.15, -0.1) is 0 Å². The summed E-state index contributed by atoms with van der Waals surface area (Å²) in [5, 5.41) is 3.19. The van der Waals surface area contributed by atoms with Gasteiger partial charge < -0.3 is 15.0 Å². The molecule has 0 heterocycles. The van der Waals surface area contributed by atoms with Crippen molar-refractivity contribution >= 4 is 43.5 Å². The molecule has 0 aromatic heterocycles. The molecule has 0 radical (unpaired) electrons. The number of benzene rings is 4. The molecule has 10 heteroatoms. The van der Waals surface area contributed by atoms with E-state index in [9.17, 15) is 18.0 Å². The van der Waals surface area contributed by atoms with Crippen molar-refractivity contribution in [1.82, 2.24) is 10.2 Å². The SMILES string of the molecule is CS(=O)(=O)N(CC(=O)N(Cc1cccc(Br)c1)[C@@H](Cc1ccccc1)C(=O)NC1CCCC1)c1ccc(Oc2ccccc2)cc1. The summed E-state index contributed by atoms with van der Waals surface area (Å²) >= 11 is 3.51. The Kier molecular flexibility index (Phi) is 11.1. The molecule has 2 amide bonds. The first-order chi connectivity index (χ1) is 22.2. The zero-order chi connectivity index (χ0) is 32.5. The standard InChI is InChI=1S/C36H38BrN3O5S/c1-46(43,44)40(31-19-21-33(22-20-31)45-32-17-6-3-7-18-32)26-35(41)39(25-28-13-10-14-29(37)23-28)34(24-27-11-4-2-5-12-27)36(42)38-30-15-8-9-16-30/h2-7,10-14,17-23,30,34H,8-9,15-16,24-26H2,1H3,(H,38,42)/t34-/m0/s1. The van der Waals surface area contributed by atoms with Crippen molar-refractivity contribution in [2.75, 3.05) is 17.1 Å². The second-order valence-electron chi connectivity index (χ2n) is 11.5. The Morgan fingerprint density at radius 3 is 2.09 bits per heavy atom. The number of sulfonamides is 1. The second-order valence-corrected chi connectivity index (χ2v) is 14.3. The zero-order valence-electron chi connectivity index (χ0n) is 25.7. The lowest BCUT2D eigenvalue weighted by Gasteiger charge is -2.34. The van der Waals surface area contributed by atoms with Crippen molar-refractivity contribution in [1.29, 1.82) is 0 Å². The van der Waals surface area contributed by atoms with E-state index in [1.54, 1.807) is 24.3 Å². The normalized spacial score (nSPS) is 14.0. The van der Waals surface area contributed by atoms with Gasteiger partial charge in [-0.3, -0.25) is 13.9 Å². The Balaban J connectivity index is 1.46. The van der Waals surface area contributed by atoms with Crippen molar-refractivity contribution in [3.63, 3.8) is 0 Å². The van der Waals surface area contributed by atoms with Crippen LogP contribution < -0.4 is 14.4 Å². The molecule has 0 saturated heterocycles. The van der Waals surface area contributed by atoms with Crippen LogP contribution in [0.15, 0.2) is 114 Å². The lowest BCUT2D eigenvalue weighted by molar-refractivity contribution is -0.140. The van der Waals surface area contributed by atoms with Gasteiger partial charge in [0.1, 0.15) is 24.1 Å². The maximum atomic E-state index is 14.3. The number of hydrogen-bond acceptors (Lipinski definition) is 5. The molecule has 4 aromatic carbocycles. The monoisotopic (exact) mass is 703 g/mol. The van der Waals surface area contributed by atoms with E-state index in [1.807, 2.05) is 84.9 Å². The number of nitrogens with one attached hydrogen (secondary N) is 1. The maximum Gasteiger partial charge on any atom is 0.244 e. The molecule has 8 nitrogen and oxygen atoms in total. The smallest absolute Gasteiger partial charge is 0.244 e. The summed E-state index contributed by atoms with van der Waals surface area (Å²) in [6, 6.07) is 32.1. The number of para-hydroxylation sites is 1. The van der Waals surface area contributed by atoms with Gasteiger partial charge in [0.05, 0.1) is 11.9 Å². The van der Waals surface area contributed by atoms with Crippen LogP contribution in [0.4, 0.5) is 5.69 Å². The van der Waals surface area contributed by atoms with Crippen LogP contribution in [-0.4, -0.2) is 50.0 Å². The average molecular weight is 705 g/mol. The van der Waals surface area contributed by atoms with Gasteiger partial charge in [-0.1, -0.05) is 89.4 Å². The van der Waals surface area contributed by atoms with Gasteiger partial charge in [0.25, 0.3) is 0 Å². The molecule has 0 bridgehead atoms. The number of amides is 2. The fourth-order valence-corrected chi connectivity index (χ4v) is 6.97. The van der Waals surface area contributed by atoms with E-state index in [0.717, 1.165) is 51.8 Å². The molecule has 4 aromatic rings. The molecule has 0 spiro atoms. The van der Waals surface area contributed by atoms with E-state index in [2.05, 4.69) is 21.2 Å². The molecule has 1 atom stereocenters. The van der Waals surface area contributed by atoms with Gasteiger partial charge in [0, 0.05) is 23.5 Å². The summed E-state index contributed by atoms with van der Waals surface area (Å²) in [5.74, 6) is 0.441. The highest BCUT2D eigenvalue weighted by molar-refractivity contribution is 9.10. The number of carbonyl (C=O) groups excluding carboxylic acids is 2. The van der Waals surface area contributed by atoms with E-state index in [4.69, 9.17) is 4.74 Å². The molecule has 0 unspecified atom stereocenters. The Morgan fingerprint density at radius 1 is 0.848 bits per heavy atom. The Labute approximate surface area is 279 Å². The van der Waals surface area contributed by atoms with Crippen LogP contribution in [0.5, 0.6) is 11.5 Å². The van der Waals surface area contributed by atoms with Crippen molar-refractivity contribution < 1.29 is 22.7 Å². The topological polar surface area (TPSA) is 96.0 Å². The number of hydrogen-bond donors (Lipinski definition) is 1. The van der Waals surface area contributed by atoms with Gasteiger partial charge in [-0.25, -0.2) is 8.42 Å². The number of halogens is 1. The van der Waals surface area contributed by atoms with Crippen molar-refractivity contribution in [2.24, 2.45) is 0 Å². The molecule has 240 valence electrons. The number of anilines is 1. The van der Waals surface area contributed by atoms with E-state index >= 15 is 0 Å². The van der Waals surface area contributed by atoms with E-state index < -0.39 is 28.5 Å². The minimum absolute atomic E-state index is 0.0535. The van der Waals surface area contributed by atoms with Crippen LogP contribution in [0.3, 0.4) is 0 Å². The third-order valence-corrected chi connectivity index (χ3v) is 9.63. The minimum Gasteiger partial charge on any atom is -0.457 e. The van der Waals surface area contributed by atoms with Gasteiger partial charge in [-0.2, -0.15) is 0 Å². The van der Waals surface area contributed by atoms with Gasteiger partial charge in [0.15, 0.2) is 0 Å². The third kappa shape index (κ3) is 9.20. The fourth-order valence-electron chi connectivity index (χ4n) is 5.67. The summed E-state index contributed by atoms with van der Waals surface area (Å²) in [6.45, 7) is -0.358. The summed E-state index contributed by atoms with van der Waals surface area (Å²) < 4.78 is 34.0. The minimum atomic E-state index is -3.88. The Bertz CT molecular complexity index is 1710. The first-order valence-corrected chi connectivity index (χ1v) is 18.0. The van der Waals surface area contributed by atoms with Crippen LogP contribution in [0.2, 0.25) is 0 Å². The molecule has 1 N–H and O–H groups in total. The number of rotatable bonds is 13. The largest absolute Gasteiger partial charge is 0.457 e. The van der Waals surface area contributed by atoms with Crippen molar-refractivity contribution in [3.05, 3.63) is 125 Å². The lowest BCUT2D eigenvalue weighted by Crippen LogP contribution is -2.54. The van der Waals surface area contributed by atoms with Gasteiger partial charge in [0.2, 0.25) is 21.8 Å². The van der Waals surface area contributed by atoms with E-state index in [-0.39, 0.29) is 24.9 Å². The van der Waals surface area contributed by atoms with Crippen LogP contribution in [0, 0.1) is 0 Å². The summed E-state index contributed by atoms with van der Waals surface area (Å²) in [6.07, 6.45) is 5.25. The quantitative estimate of drug-likeness (QED) is 0.167. The predicted molar refractivity (Wildman–Crippen MR) is 184 cm³/mol.